The van der Waals surface area contributed by atoms with E-state index in [1.54, 1.807) is 4.90 Å². The van der Waals surface area contributed by atoms with Crippen LogP contribution in [0.3, 0.4) is 0 Å². The molecule has 1 aromatic carbocycles. The highest BCUT2D eigenvalue weighted by atomic mass is 16.3. The van der Waals surface area contributed by atoms with Crippen LogP contribution in [0.5, 0.6) is 0 Å². The van der Waals surface area contributed by atoms with Crippen LogP contribution in [0.1, 0.15) is 44.1 Å². The highest BCUT2D eigenvalue weighted by Crippen LogP contribution is 2.55. The molecule has 2 atom stereocenters. The Morgan fingerprint density at radius 2 is 1.93 bits per heavy atom. The zero-order valence-corrected chi connectivity index (χ0v) is 15.9. The van der Waals surface area contributed by atoms with Gasteiger partial charge in [0, 0.05) is 31.5 Å². The summed E-state index contributed by atoms with van der Waals surface area (Å²) < 4.78 is 0. The molecule has 146 valence electrons. The van der Waals surface area contributed by atoms with Crippen LogP contribution >= 0.6 is 0 Å². The van der Waals surface area contributed by atoms with E-state index in [0.717, 1.165) is 31.2 Å². The van der Waals surface area contributed by atoms with Crippen LogP contribution in [0.25, 0.3) is 0 Å². The lowest BCUT2D eigenvalue weighted by Crippen LogP contribution is -2.86. The predicted octanol–water partition coefficient (Wildman–Crippen LogP) is 1.95. The van der Waals surface area contributed by atoms with Crippen molar-refractivity contribution in [2.75, 3.05) is 26.2 Å². The molecule has 6 nitrogen and oxygen atoms in total. The Labute approximate surface area is 160 Å². The number of carbonyl (C=O) groups excluding carboxylic acids is 2. The number of hydrogen-bond donors (Lipinski definition) is 2. The first-order valence-electron chi connectivity index (χ1n) is 10.1. The zero-order valence-electron chi connectivity index (χ0n) is 15.9. The van der Waals surface area contributed by atoms with Crippen molar-refractivity contribution in [3.05, 3.63) is 35.9 Å². The Balaban J connectivity index is 1.58. The van der Waals surface area contributed by atoms with Gasteiger partial charge in [-0.1, -0.05) is 43.7 Å². The monoisotopic (exact) mass is 371 g/mol. The second-order valence-corrected chi connectivity index (χ2v) is 8.17. The highest BCUT2D eigenvalue weighted by Gasteiger charge is 2.68. The quantitative estimate of drug-likeness (QED) is 0.831. The van der Waals surface area contributed by atoms with Gasteiger partial charge in [-0.25, -0.2) is 4.79 Å². The normalized spacial score (nSPS) is 26.1. The molecule has 3 fully saturated rings. The molecule has 3 amide bonds. The third kappa shape index (κ3) is 2.81. The fraction of sp³-hybridized carbons (Fsp3) is 0.619. The van der Waals surface area contributed by atoms with Gasteiger partial charge in [-0.05, 0) is 24.8 Å². The zero-order chi connectivity index (χ0) is 19.0. The predicted molar refractivity (Wildman–Crippen MR) is 102 cm³/mol. The van der Waals surface area contributed by atoms with Crippen LogP contribution in [0, 0.1) is 5.92 Å². The molecule has 1 spiro atoms. The minimum atomic E-state index is -0.370. The number of hydrogen-bond acceptors (Lipinski definition) is 3. The van der Waals surface area contributed by atoms with Crippen LogP contribution in [0.15, 0.2) is 30.3 Å². The fourth-order valence-electron chi connectivity index (χ4n) is 4.97. The molecular weight excluding hydrogens is 342 g/mol. The summed E-state index contributed by atoms with van der Waals surface area (Å²) in [5.74, 6) is 0.333. The Bertz CT molecular complexity index is 698. The van der Waals surface area contributed by atoms with Gasteiger partial charge in [0.15, 0.2) is 0 Å². The van der Waals surface area contributed by atoms with Crippen molar-refractivity contribution in [2.45, 2.75) is 50.1 Å². The van der Waals surface area contributed by atoms with E-state index in [1.165, 1.54) is 0 Å². The third-order valence-corrected chi connectivity index (χ3v) is 6.56. The molecule has 1 saturated carbocycles. The number of benzene rings is 1. The van der Waals surface area contributed by atoms with Crippen molar-refractivity contribution in [1.82, 2.24) is 15.1 Å². The van der Waals surface area contributed by atoms with Crippen LogP contribution < -0.4 is 5.32 Å². The van der Waals surface area contributed by atoms with Gasteiger partial charge in [-0.3, -0.25) is 4.79 Å². The molecule has 6 heteroatoms. The largest absolute Gasteiger partial charge is 0.394 e. The molecule has 2 heterocycles. The van der Waals surface area contributed by atoms with Crippen molar-refractivity contribution in [1.29, 1.82) is 0 Å². The van der Waals surface area contributed by atoms with Gasteiger partial charge < -0.3 is 20.2 Å². The summed E-state index contributed by atoms with van der Waals surface area (Å²) >= 11 is 0. The van der Waals surface area contributed by atoms with Crippen LogP contribution in [-0.4, -0.2) is 64.7 Å². The number of amides is 3. The molecule has 1 aliphatic carbocycles. The van der Waals surface area contributed by atoms with Crippen LogP contribution in [-0.2, 0) is 4.79 Å². The summed E-state index contributed by atoms with van der Waals surface area (Å²) in [6.07, 6.45) is 3.89. The molecule has 0 bridgehead atoms. The average molecular weight is 371 g/mol. The fourth-order valence-corrected chi connectivity index (χ4v) is 4.97. The summed E-state index contributed by atoms with van der Waals surface area (Å²) in [5.41, 5.74) is 0.771. The topological polar surface area (TPSA) is 72.9 Å². The van der Waals surface area contributed by atoms with Gasteiger partial charge in [0.05, 0.1) is 18.2 Å². The molecule has 2 aliphatic heterocycles. The van der Waals surface area contributed by atoms with Gasteiger partial charge in [-0.2, -0.15) is 0 Å². The van der Waals surface area contributed by atoms with E-state index >= 15 is 0 Å². The van der Waals surface area contributed by atoms with Gasteiger partial charge in [-0.15, -0.1) is 0 Å². The number of aliphatic hydroxyl groups is 1. The summed E-state index contributed by atoms with van der Waals surface area (Å²) in [6.45, 7) is 3.73. The van der Waals surface area contributed by atoms with Crippen molar-refractivity contribution >= 4 is 11.9 Å². The number of rotatable bonds is 5. The lowest BCUT2D eigenvalue weighted by Gasteiger charge is -2.71. The van der Waals surface area contributed by atoms with E-state index < -0.39 is 0 Å². The molecule has 0 radical (unpaired) electrons. The van der Waals surface area contributed by atoms with Gasteiger partial charge in [0.2, 0.25) is 5.91 Å². The minimum Gasteiger partial charge on any atom is -0.394 e. The van der Waals surface area contributed by atoms with Gasteiger partial charge in [0.1, 0.15) is 0 Å². The molecule has 3 aliphatic rings. The van der Waals surface area contributed by atoms with Crippen molar-refractivity contribution < 1.29 is 14.7 Å². The maximum Gasteiger partial charge on any atom is 0.317 e. The Hall–Kier alpha value is -2.08. The molecule has 2 saturated heterocycles. The lowest BCUT2D eigenvalue weighted by atomic mass is 9.60. The number of likely N-dealkylation sites (tertiary alicyclic amines) is 2. The average Bonchev–Trinajstić information content (AvgIpc) is 2.57. The summed E-state index contributed by atoms with van der Waals surface area (Å²) in [4.78, 5) is 29.2. The first-order chi connectivity index (χ1) is 13.1. The van der Waals surface area contributed by atoms with E-state index in [9.17, 15) is 14.7 Å². The van der Waals surface area contributed by atoms with E-state index in [4.69, 9.17) is 0 Å². The third-order valence-electron chi connectivity index (χ3n) is 6.56. The van der Waals surface area contributed by atoms with Crippen molar-refractivity contribution in [2.24, 2.45) is 5.92 Å². The van der Waals surface area contributed by atoms with Crippen molar-refractivity contribution in [3.8, 4) is 0 Å². The SMILES string of the molecule is CCCNC(=O)N1CC2(C1)[C@H](c1ccccc1)[C@@H](CO)N2C(=O)C1CCC1. The number of aliphatic hydroxyl groups excluding tert-OH is 1. The highest BCUT2D eigenvalue weighted by molar-refractivity contribution is 5.84. The maximum absolute atomic E-state index is 13.1. The number of nitrogens with zero attached hydrogens (tertiary/aromatic N) is 2. The van der Waals surface area contributed by atoms with E-state index in [1.807, 2.05) is 30.0 Å². The summed E-state index contributed by atoms with van der Waals surface area (Å²) in [5, 5.41) is 13.0. The van der Waals surface area contributed by atoms with E-state index in [2.05, 4.69) is 17.4 Å². The number of nitrogens with one attached hydrogen (secondary N) is 1. The molecule has 0 aromatic heterocycles. The standard InChI is InChI=1S/C21H29N3O3/c1-2-11-22-20(27)23-13-21(14-23)18(15-7-4-3-5-8-15)17(12-25)24(21)19(26)16-9-6-10-16/h3-5,7-8,16-18,25H,2,6,9-14H2,1H3,(H,22,27)/t17-,18-/m1/s1. The van der Waals surface area contributed by atoms with Gasteiger partial charge in [0.25, 0.3) is 0 Å². The van der Waals surface area contributed by atoms with Crippen LogP contribution in [0.4, 0.5) is 4.79 Å². The molecular formula is C21H29N3O3. The molecule has 0 unspecified atom stereocenters. The molecule has 4 rings (SSSR count). The lowest BCUT2D eigenvalue weighted by molar-refractivity contribution is -0.199. The number of urea groups is 1. The molecule has 2 N–H and O–H groups in total. The summed E-state index contributed by atoms with van der Waals surface area (Å²) in [6, 6.07) is 9.86. The molecule has 27 heavy (non-hydrogen) atoms. The smallest absolute Gasteiger partial charge is 0.317 e. The van der Waals surface area contributed by atoms with Crippen molar-refractivity contribution in [3.63, 3.8) is 0 Å². The van der Waals surface area contributed by atoms with Gasteiger partial charge >= 0.3 is 6.03 Å². The van der Waals surface area contributed by atoms with E-state index in [-0.39, 0.29) is 42.0 Å². The minimum absolute atomic E-state index is 0.0399. The Kier molecular flexibility index (Phi) is 4.84. The number of carbonyl (C=O) groups is 2. The maximum atomic E-state index is 13.1. The first-order valence-corrected chi connectivity index (χ1v) is 10.1. The Morgan fingerprint density at radius 1 is 1.22 bits per heavy atom. The second-order valence-electron chi connectivity index (χ2n) is 8.17. The summed E-state index contributed by atoms with van der Waals surface area (Å²) in [7, 11) is 0. The first kappa shape index (κ1) is 18.3. The molecule has 1 aromatic rings. The Morgan fingerprint density at radius 3 is 2.48 bits per heavy atom. The van der Waals surface area contributed by atoms with Crippen LogP contribution in [0.2, 0.25) is 0 Å². The second kappa shape index (κ2) is 7.15. The van der Waals surface area contributed by atoms with E-state index in [0.29, 0.717) is 19.6 Å².